The van der Waals surface area contributed by atoms with Crippen molar-refractivity contribution in [2.24, 2.45) is 0 Å². The smallest absolute Gasteiger partial charge is 0.225 e. The van der Waals surface area contributed by atoms with E-state index in [0.717, 1.165) is 18.7 Å². The van der Waals surface area contributed by atoms with Crippen LogP contribution in [0.15, 0.2) is 0 Å². The molecule has 0 aromatic carbocycles. The molecule has 0 aliphatic rings. The van der Waals surface area contributed by atoms with E-state index < -0.39 is 0 Å². The first-order valence-corrected chi connectivity index (χ1v) is 7.98. The van der Waals surface area contributed by atoms with Gasteiger partial charge in [-0.2, -0.15) is 15.0 Å². The van der Waals surface area contributed by atoms with E-state index in [-0.39, 0.29) is 11.9 Å². The van der Waals surface area contributed by atoms with Crippen LogP contribution in [-0.2, 0) is 6.42 Å². The molecule has 0 radical (unpaired) electrons. The van der Waals surface area contributed by atoms with Crippen molar-refractivity contribution in [1.82, 2.24) is 15.0 Å². The SMILES string of the molecule is CCCCCCCCCCCCc1nc(N)nc(N)n1. The van der Waals surface area contributed by atoms with Crippen LogP contribution in [0, 0.1) is 0 Å². The molecule has 0 atom stereocenters. The van der Waals surface area contributed by atoms with Gasteiger partial charge in [0, 0.05) is 6.42 Å². The van der Waals surface area contributed by atoms with E-state index in [1.165, 1.54) is 57.8 Å². The minimum Gasteiger partial charge on any atom is -0.368 e. The molecule has 4 N–H and O–H groups in total. The first-order valence-electron chi connectivity index (χ1n) is 7.98. The number of nitrogens with two attached hydrogens (primary N) is 2. The maximum absolute atomic E-state index is 5.54. The molecule has 0 spiro atoms. The molecule has 1 aromatic rings. The quantitative estimate of drug-likeness (QED) is 0.605. The molecule has 5 nitrogen and oxygen atoms in total. The van der Waals surface area contributed by atoms with Crippen LogP contribution < -0.4 is 11.5 Å². The van der Waals surface area contributed by atoms with E-state index in [1.54, 1.807) is 0 Å². The fraction of sp³-hybridized carbons (Fsp3) is 0.800. The Morgan fingerprint density at radius 2 is 1.10 bits per heavy atom. The van der Waals surface area contributed by atoms with Crippen molar-refractivity contribution in [3.63, 3.8) is 0 Å². The van der Waals surface area contributed by atoms with Gasteiger partial charge in [-0.05, 0) is 6.42 Å². The fourth-order valence-corrected chi connectivity index (χ4v) is 2.34. The van der Waals surface area contributed by atoms with Crippen molar-refractivity contribution in [2.75, 3.05) is 11.5 Å². The van der Waals surface area contributed by atoms with Crippen molar-refractivity contribution in [3.8, 4) is 0 Å². The second-order valence-corrected chi connectivity index (χ2v) is 5.40. The second-order valence-electron chi connectivity index (χ2n) is 5.40. The highest BCUT2D eigenvalue weighted by Gasteiger charge is 2.01. The summed E-state index contributed by atoms with van der Waals surface area (Å²) in [6, 6.07) is 0. The lowest BCUT2D eigenvalue weighted by molar-refractivity contribution is 0.554. The molecule has 5 heteroatoms. The second kappa shape index (κ2) is 10.4. The van der Waals surface area contributed by atoms with Crippen LogP contribution in [0.3, 0.4) is 0 Å². The van der Waals surface area contributed by atoms with Gasteiger partial charge in [-0.25, -0.2) is 0 Å². The van der Waals surface area contributed by atoms with E-state index in [4.69, 9.17) is 11.5 Å². The molecular weight excluding hydrogens is 250 g/mol. The topological polar surface area (TPSA) is 90.7 Å². The Hall–Kier alpha value is -1.39. The summed E-state index contributed by atoms with van der Waals surface area (Å²) >= 11 is 0. The summed E-state index contributed by atoms with van der Waals surface area (Å²) in [6.45, 7) is 2.26. The maximum atomic E-state index is 5.54. The zero-order chi connectivity index (χ0) is 14.6. The number of hydrogen-bond donors (Lipinski definition) is 2. The molecule has 1 rings (SSSR count). The Labute approximate surface area is 122 Å². The summed E-state index contributed by atoms with van der Waals surface area (Å²) in [6.07, 6.45) is 14.1. The number of nitrogens with zero attached hydrogens (tertiary/aromatic N) is 3. The van der Waals surface area contributed by atoms with Gasteiger partial charge in [0.2, 0.25) is 11.9 Å². The van der Waals surface area contributed by atoms with Gasteiger partial charge < -0.3 is 11.5 Å². The first kappa shape index (κ1) is 16.7. The highest BCUT2D eigenvalue weighted by atomic mass is 15.1. The summed E-state index contributed by atoms with van der Waals surface area (Å²) in [4.78, 5) is 11.9. The molecule has 20 heavy (non-hydrogen) atoms. The van der Waals surface area contributed by atoms with Gasteiger partial charge >= 0.3 is 0 Å². The Balaban J connectivity index is 1.97. The summed E-state index contributed by atoms with van der Waals surface area (Å²) in [5, 5.41) is 0. The van der Waals surface area contributed by atoms with Gasteiger partial charge in [0.25, 0.3) is 0 Å². The summed E-state index contributed by atoms with van der Waals surface area (Å²) in [5.74, 6) is 1.16. The lowest BCUT2D eigenvalue weighted by atomic mass is 10.1. The van der Waals surface area contributed by atoms with Crippen LogP contribution in [0.5, 0.6) is 0 Å². The zero-order valence-electron chi connectivity index (χ0n) is 12.8. The van der Waals surface area contributed by atoms with Crippen molar-refractivity contribution in [3.05, 3.63) is 5.82 Å². The molecular formula is C15H29N5. The summed E-state index contributed by atoms with van der Waals surface area (Å²) in [7, 11) is 0. The molecule has 0 aliphatic carbocycles. The zero-order valence-corrected chi connectivity index (χ0v) is 12.8. The monoisotopic (exact) mass is 279 g/mol. The Morgan fingerprint density at radius 3 is 1.60 bits per heavy atom. The van der Waals surface area contributed by atoms with Gasteiger partial charge in [-0.3, -0.25) is 0 Å². The normalized spacial score (nSPS) is 10.8. The van der Waals surface area contributed by atoms with E-state index >= 15 is 0 Å². The first-order chi connectivity index (χ1) is 9.72. The molecule has 0 amide bonds. The van der Waals surface area contributed by atoms with Crippen molar-refractivity contribution in [1.29, 1.82) is 0 Å². The van der Waals surface area contributed by atoms with Crippen LogP contribution in [0.4, 0.5) is 11.9 Å². The third kappa shape index (κ3) is 7.92. The fourth-order valence-electron chi connectivity index (χ4n) is 2.34. The van der Waals surface area contributed by atoms with E-state index in [2.05, 4.69) is 21.9 Å². The highest BCUT2D eigenvalue weighted by Crippen LogP contribution is 2.11. The summed E-state index contributed by atoms with van der Waals surface area (Å²) in [5.41, 5.74) is 11.1. The van der Waals surface area contributed by atoms with Crippen LogP contribution >= 0.6 is 0 Å². The lowest BCUT2D eigenvalue weighted by Crippen LogP contribution is -2.06. The molecule has 1 aromatic heterocycles. The molecule has 114 valence electrons. The van der Waals surface area contributed by atoms with Gasteiger partial charge in [0.1, 0.15) is 5.82 Å². The van der Waals surface area contributed by atoms with E-state index in [9.17, 15) is 0 Å². The largest absolute Gasteiger partial charge is 0.368 e. The Bertz CT molecular complexity index is 347. The van der Waals surface area contributed by atoms with Gasteiger partial charge in [-0.15, -0.1) is 0 Å². The van der Waals surface area contributed by atoms with Crippen LogP contribution in [0.25, 0.3) is 0 Å². The maximum Gasteiger partial charge on any atom is 0.225 e. The van der Waals surface area contributed by atoms with Crippen LogP contribution in [0.2, 0.25) is 0 Å². The third-order valence-corrected chi connectivity index (χ3v) is 3.47. The van der Waals surface area contributed by atoms with E-state index in [0.29, 0.717) is 0 Å². The van der Waals surface area contributed by atoms with Gasteiger partial charge in [-0.1, -0.05) is 64.7 Å². The van der Waals surface area contributed by atoms with E-state index in [1.807, 2.05) is 0 Å². The number of rotatable bonds is 11. The average Bonchev–Trinajstić information content (AvgIpc) is 2.40. The van der Waals surface area contributed by atoms with Gasteiger partial charge in [0.05, 0.1) is 0 Å². The molecule has 0 bridgehead atoms. The van der Waals surface area contributed by atoms with Crippen LogP contribution in [-0.4, -0.2) is 15.0 Å². The number of nitrogen functional groups attached to an aromatic ring is 2. The van der Waals surface area contributed by atoms with Crippen molar-refractivity contribution in [2.45, 2.75) is 77.6 Å². The van der Waals surface area contributed by atoms with Crippen LogP contribution in [0.1, 0.15) is 77.0 Å². The predicted molar refractivity (Wildman–Crippen MR) is 84.2 cm³/mol. The average molecular weight is 279 g/mol. The highest BCUT2D eigenvalue weighted by molar-refractivity contribution is 5.25. The van der Waals surface area contributed by atoms with Gasteiger partial charge in [0.15, 0.2) is 0 Å². The Morgan fingerprint density at radius 1 is 0.650 bits per heavy atom. The molecule has 1 heterocycles. The lowest BCUT2D eigenvalue weighted by Gasteiger charge is -2.03. The van der Waals surface area contributed by atoms with Crippen molar-refractivity contribution >= 4 is 11.9 Å². The molecule has 0 saturated carbocycles. The predicted octanol–water partition coefficient (Wildman–Crippen LogP) is 3.50. The molecule has 0 fully saturated rings. The number of unbranched alkanes of at least 4 members (excludes halogenated alkanes) is 9. The number of anilines is 2. The molecule has 0 unspecified atom stereocenters. The number of aryl methyl sites for hydroxylation is 1. The Kier molecular flexibility index (Phi) is 8.67. The number of hydrogen-bond acceptors (Lipinski definition) is 5. The minimum absolute atomic E-state index is 0.222. The number of aromatic nitrogens is 3. The standard InChI is InChI=1S/C15H29N5/c1-2-3-4-5-6-7-8-9-10-11-12-13-18-14(16)20-15(17)19-13/h2-12H2,1H3,(H4,16,17,18,19,20). The molecule has 0 aliphatic heterocycles. The summed E-state index contributed by atoms with van der Waals surface area (Å²) < 4.78 is 0. The van der Waals surface area contributed by atoms with Crippen molar-refractivity contribution < 1.29 is 0 Å². The molecule has 0 saturated heterocycles. The third-order valence-electron chi connectivity index (χ3n) is 3.47. The minimum atomic E-state index is 0.222.